The molecule has 6 heteroatoms. The number of aromatic nitrogens is 3. The van der Waals surface area contributed by atoms with E-state index in [2.05, 4.69) is 22.2 Å². The average Bonchev–Trinajstić information content (AvgIpc) is 3.08. The normalized spacial score (nSPS) is 10.6. The van der Waals surface area contributed by atoms with E-state index < -0.39 is 0 Å². The molecule has 27 heavy (non-hydrogen) atoms. The van der Waals surface area contributed by atoms with Crippen LogP contribution in [0.5, 0.6) is 0 Å². The Morgan fingerprint density at radius 2 is 1.85 bits per heavy atom. The molecule has 2 aromatic heterocycles. The maximum atomic E-state index is 12.6. The Morgan fingerprint density at radius 1 is 1.15 bits per heavy atom. The molecule has 1 aromatic carbocycles. The maximum absolute atomic E-state index is 12.6. The molecule has 0 unspecified atom stereocenters. The molecule has 0 radical (unpaired) electrons. The average molecular weight is 363 g/mol. The number of unbranched alkanes of at least 4 members (excludes halogenated alkanes) is 1. The van der Waals surface area contributed by atoms with E-state index >= 15 is 0 Å². The predicted molar refractivity (Wildman–Crippen MR) is 108 cm³/mol. The number of carbonyl (C=O) groups is 1. The first kappa shape index (κ1) is 18.6. The van der Waals surface area contributed by atoms with Crippen molar-refractivity contribution in [3.05, 3.63) is 60.7 Å². The third kappa shape index (κ3) is 4.53. The van der Waals surface area contributed by atoms with E-state index in [1.54, 1.807) is 17.3 Å². The zero-order valence-electron chi connectivity index (χ0n) is 16.0. The van der Waals surface area contributed by atoms with Crippen molar-refractivity contribution in [3.63, 3.8) is 0 Å². The number of benzene rings is 1. The molecule has 0 fully saturated rings. The second kappa shape index (κ2) is 8.49. The summed E-state index contributed by atoms with van der Waals surface area (Å²) in [5, 5.41) is 3.16. The largest absolute Gasteiger partial charge is 0.346 e. The molecule has 0 aliphatic heterocycles. The second-order valence-electron chi connectivity index (χ2n) is 6.59. The number of hydrogen-bond acceptors (Lipinski definition) is 4. The van der Waals surface area contributed by atoms with Crippen molar-refractivity contribution in [2.75, 3.05) is 18.9 Å². The van der Waals surface area contributed by atoms with Gasteiger partial charge >= 0.3 is 0 Å². The molecule has 0 aliphatic rings. The Morgan fingerprint density at radius 3 is 2.52 bits per heavy atom. The van der Waals surface area contributed by atoms with Crippen LogP contribution >= 0.6 is 0 Å². The molecule has 140 valence electrons. The van der Waals surface area contributed by atoms with Crippen molar-refractivity contribution in [2.45, 2.75) is 19.8 Å². The fraction of sp³-hybridized carbons (Fsp3) is 0.286. The van der Waals surface area contributed by atoms with Crippen molar-refractivity contribution in [1.29, 1.82) is 0 Å². The Hall–Kier alpha value is -3.15. The molecule has 3 rings (SSSR count). The molecule has 0 aliphatic carbocycles. The highest BCUT2D eigenvalue weighted by atomic mass is 16.2. The SMILES string of the molecule is CCCCN(C)C(=O)c1cc(-c2cnc(Nc3ccccc3)nc2)cn1C. The number of carbonyl (C=O) groups excluding carboxylic acids is 1. The Bertz CT molecular complexity index is 887. The number of hydrogen-bond donors (Lipinski definition) is 1. The van der Waals surface area contributed by atoms with Gasteiger partial charge < -0.3 is 14.8 Å². The van der Waals surface area contributed by atoms with Crippen LogP contribution in [0.15, 0.2) is 55.0 Å². The number of rotatable bonds is 7. The number of nitrogens with zero attached hydrogens (tertiary/aromatic N) is 4. The first-order valence-electron chi connectivity index (χ1n) is 9.14. The van der Waals surface area contributed by atoms with E-state index in [1.807, 2.05) is 61.3 Å². The van der Waals surface area contributed by atoms with Gasteiger partial charge in [-0.15, -0.1) is 0 Å². The summed E-state index contributed by atoms with van der Waals surface area (Å²) in [6, 6.07) is 11.7. The van der Waals surface area contributed by atoms with Gasteiger partial charge in [0, 0.05) is 56.0 Å². The van der Waals surface area contributed by atoms with Crippen LogP contribution in [-0.2, 0) is 7.05 Å². The summed E-state index contributed by atoms with van der Waals surface area (Å²) in [4.78, 5) is 23.2. The van der Waals surface area contributed by atoms with Gasteiger partial charge in [-0.2, -0.15) is 0 Å². The third-order valence-corrected chi connectivity index (χ3v) is 4.43. The van der Waals surface area contributed by atoms with E-state index in [4.69, 9.17) is 0 Å². The highest BCUT2D eigenvalue weighted by Crippen LogP contribution is 2.22. The summed E-state index contributed by atoms with van der Waals surface area (Å²) in [6.07, 6.45) is 7.54. The number of anilines is 2. The lowest BCUT2D eigenvalue weighted by atomic mass is 10.2. The van der Waals surface area contributed by atoms with E-state index in [9.17, 15) is 4.79 Å². The number of amides is 1. The number of para-hydroxylation sites is 1. The van der Waals surface area contributed by atoms with Gasteiger partial charge in [-0.05, 0) is 24.6 Å². The van der Waals surface area contributed by atoms with E-state index in [0.29, 0.717) is 11.6 Å². The zero-order chi connectivity index (χ0) is 19.2. The van der Waals surface area contributed by atoms with Crippen LogP contribution < -0.4 is 5.32 Å². The van der Waals surface area contributed by atoms with Crippen LogP contribution in [0, 0.1) is 0 Å². The molecule has 3 aromatic rings. The fourth-order valence-corrected chi connectivity index (χ4v) is 2.82. The van der Waals surface area contributed by atoms with Gasteiger partial charge in [-0.25, -0.2) is 9.97 Å². The molecule has 0 saturated heterocycles. The van der Waals surface area contributed by atoms with E-state index in [0.717, 1.165) is 36.2 Å². The number of nitrogens with one attached hydrogen (secondary N) is 1. The first-order chi connectivity index (χ1) is 13.1. The lowest BCUT2D eigenvalue weighted by Crippen LogP contribution is -2.29. The molecular formula is C21H25N5O. The van der Waals surface area contributed by atoms with Crippen molar-refractivity contribution in [3.8, 4) is 11.1 Å². The topological polar surface area (TPSA) is 63.1 Å². The smallest absolute Gasteiger partial charge is 0.270 e. The van der Waals surface area contributed by atoms with Crippen molar-refractivity contribution < 1.29 is 4.79 Å². The van der Waals surface area contributed by atoms with Gasteiger partial charge in [0.05, 0.1) is 0 Å². The number of aryl methyl sites for hydroxylation is 1. The molecule has 6 nitrogen and oxygen atoms in total. The van der Waals surface area contributed by atoms with Gasteiger partial charge in [0.2, 0.25) is 5.95 Å². The summed E-state index contributed by atoms with van der Waals surface area (Å²) in [5.41, 5.74) is 3.40. The maximum Gasteiger partial charge on any atom is 0.270 e. The summed E-state index contributed by atoms with van der Waals surface area (Å²) < 4.78 is 1.86. The summed E-state index contributed by atoms with van der Waals surface area (Å²) in [5.74, 6) is 0.567. The van der Waals surface area contributed by atoms with Gasteiger partial charge in [0.15, 0.2) is 0 Å². The highest BCUT2D eigenvalue weighted by Gasteiger charge is 2.16. The zero-order valence-corrected chi connectivity index (χ0v) is 16.0. The van der Waals surface area contributed by atoms with Crippen LogP contribution in [0.2, 0.25) is 0 Å². The van der Waals surface area contributed by atoms with Gasteiger partial charge in [-0.1, -0.05) is 31.5 Å². The minimum Gasteiger partial charge on any atom is -0.346 e. The second-order valence-corrected chi connectivity index (χ2v) is 6.59. The van der Waals surface area contributed by atoms with Gasteiger partial charge in [0.1, 0.15) is 5.69 Å². The molecule has 1 N–H and O–H groups in total. The molecule has 0 atom stereocenters. The minimum atomic E-state index is 0.0282. The predicted octanol–water partition coefficient (Wildman–Crippen LogP) is 4.10. The van der Waals surface area contributed by atoms with Crippen LogP contribution in [0.3, 0.4) is 0 Å². The van der Waals surface area contributed by atoms with Crippen LogP contribution in [0.4, 0.5) is 11.6 Å². The molecule has 1 amide bonds. The first-order valence-corrected chi connectivity index (χ1v) is 9.14. The molecular weight excluding hydrogens is 338 g/mol. The summed E-state index contributed by atoms with van der Waals surface area (Å²) in [7, 11) is 3.73. The Balaban J connectivity index is 1.74. The quantitative estimate of drug-likeness (QED) is 0.686. The van der Waals surface area contributed by atoms with Crippen molar-refractivity contribution in [2.24, 2.45) is 7.05 Å². The van der Waals surface area contributed by atoms with Crippen molar-refractivity contribution >= 4 is 17.5 Å². The summed E-state index contributed by atoms with van der Waals surface area (Å²) in [6.45, 7) is 2.88. The van der Waals surface area contributed by atoms with E-state index in [1.165, 1.54) is 0 Å². The van der Waals surface area contributed by atoms with Crippen LogP contribution in [-0.4, -0.2) is 38.9 Å². The summed E-state index contributed by atoms with van der Waals surface area (Å²) >= 11 is 0. The van der Waals surface area contributed by atoms with Crippen LogP contribution in [0.1, 0.15) is 30.3 Å². The molecule has 0 bridgehead atoms. The molecule has 2 heterocycles. The molecule has 0 spiro atoms. The lowest BCUT2D eigenvalue weighted by Gasteiger charge is -2.16. The Labute approximate surface area is 159 Å². The van der Waals surface area contributed by atoms with Crippen molar-refractivity contribution in [1.82, 2.24) is 19.4 Å². The van der Waals surface area contributed by atoms with Gasteiger partial charge in [0.25, 0.3) is 5.91 Å². The Kier molecular flexibility index (Phi) is 5.86. The third-order valence-electron chi connectivity index (χ3n) is 4.43. The standard InChI is InChI=1S/C21H25N5O/c1-4-5-11-25(2)20(27)19-12-16(15-26(19)3)17-13-22-21(23-14-17)24-18-9-7-6-8-10-18/h6-10,12-15H,4-5,11H2,1-3H3,(H,22,23,24). The fourth-order valence-electron chi connectivity index (χ4n) is 2.82. The lowest BCUT2D eigenvalue weighted by molar-refractivity contribution is 0.0784. The monoisotopic (exact) mass is 363 g/mol. The molecule has 0 saturated carbocycles. The van der Waals surface area contributed by atoms with Gasteiger partial charge in [-0.3, -0.25) is 4.79 Å². The highest BCUT2D eigenvalue weighted by molar-refractivity contribution is 5.94. The van der Waals surface area contributed by atoms with E-state index in [-0.39, 0.29) is 5.91 Å². The minimum absolute atomic E-state index is 0.0282. The van der Waals surface area contributed by atoms with Crippen LogP contribution in [0.25, 0.3) is 11.1 Å².